The van der Waals surface area contributed by atoms with Crippen molar-refractivity contribution in [2.24, 2.45) is 0 Å². The third kappa shape index (κ3) is 3.25. The van der Waals surface area contributed by atoms with E-state index in [1.54, 1.807) is 11.3 Å². The Morgan fingerprint density at radius 2 is 2.35 bits per heavy atom. The van der Waals surface area contributed by atoms with Crippen molar-refractivity contribution < 1.29 is 14.2 Å². The van der Waals surface area contributed by atoms with Gasteiger partial charge in [-0.1, -0.05) is 6.07 Å². The van der Waals surface area contributed by atoms with E-state index < -0.39 is 5.82 Å². The van der Waals surface area contributed by atoms with E-state index in [2.05, 4.69) is 4.98 Å². The molecule has 5 heteroatoms. The van der Waals surface area contributed by atoms with Gasteiger partial charge in [0.2, 0.25) is 5.88 Å². The van der Waals surface area contributed by atoms with Crippen molar-refractivity contribution >= 4 is 11.3 Å². The van der Waals surface area contributed by atoms with Crippen LogP contribution in [0.2, 0.25) is 0 Å². The number of rotatable bonds is 5. The Morgan fingerprint density at radius 3 is 3.06 bits per heavy atom. The number of hydrogen-bond acceptors (Lipinski definition) is 4. The normalized spacial score (nSPS) is 10.5. The molecule has 2 rings (SSSR count). The van der Waals surface area contributed by atoms with Crippen molar-refractivity contribution in [3.63, 3.8) is 0 Å². The molecule has 1 N–H and O–H groups in total. The Labute approximate surface area is 103 Å². The standard InChI is InChI=1S/C12H12FNO2S/c13-10-6-9(8-15)12(14-7-10)16-4-3-11-2-1-5-17-11/h1-2,5-7,15H,3-4,8H2. The lowest BCUT2D eigenvalue weighted by atomic mass is 10.3. The number of nitrogens with zero attached hydrogens (tertiary/aromatic N) is 1. The molecule has 0 aromatic carbocycles. The molecular weight excluding hydrogens is 241 g/mol. The van der Waals surface area contributed by atoms with Crippen molar-refractivity contribution in [1.29, 1.82) is 0 Å². The molecule has 0 saturated heterocycles. The van der Waals surface area contributed by atoms with E-state index in [1.165, 1.54) is 10.9 Å². The van der Waals surface area contributed by atoms with Crippen LogP contribution in [0.4, 0.5) is 4.39 Å². The van der Waals surface area contributed by atoms with Gasteiger partial charge in [-0.15, -0.1) is 11.3 Å². The maximum Gasteiger partial charge on any atom is 0.219 e. The fourth-order valence-electron chi connectivity index (χ4n) is 1.42. The van der Waals surface area contributed by atoms with Crippen LogP contribution in [0.5, 0.6) is 5.88 Å². The van der Waals surface area contributed by atoms with Gasteiger partial charge in [0.15, 0.2) is 0 Å². The lowest BCUT2D eigenvalue weighted by Crippen LogP contribution is -2.04. The zero-order valence-corrected chi connectivity index (χ0v) is 9.91. The van der Waals surface area contributed by atoms with Crippen LogP contribution in [0.1, 0.15) is 10.4 Å². The second-order valence-corrected chi connectivity index (χ2v) is 4.49. The molecule has 0 aliphatic rings. The van der Waals surface area contributed by atoms with E-state index >= 15 is 0 Å². The van der Waals surface area contributed by atoms with Crippen LogP contribution in [0, 0.1) is 5.82 Å². The summed E-state index contributed by atoms with van der Waals surface area (Å²) in [5.41, 5.74) is 0.371. The first-order valence-corrected chi connectivity index (χ1v) is 6.08. The first-order chi connectivity index (χ1) is 8.29. The van der Waals surface area contributed by atoms with Crippen molar-refractivity contribution in [2.75, 3.05) is 6.61 Å². The Kier molecular flexibility index (Phi) is 4.06. The predicted octanol–water partition coefficient (Wildman–Crippen LogP) is 2.40. The molecule has 0 aliphatic carbocycles. The molecule has 0 aliphatic heterocycles. The molecule has 0 atom stereocenters. The summed E-state index contributed by atoms with van der Waals surface area (Å²) >= 11 is 1.66. The van der Waals surface area contributed by atoms with Gasteiger partial charge in [-0.05, 0) is 17.5 Å². The second kappa shape index (κ2) is 5.75. The summed E-state index contributed by atoms with van der Waals surface area (Å²) in [6, 6.07) is 5.24. The fourth-order valence-corrected chi connectivity index (χ4v) is 2.11. The molecule has 0 fully saturated rings. The zero-order chi connectivity index (χ0) is 12.1. The highest BCUT2D eigenvalue weighted by atomic mass is 32.1. The highest BCUT2D eigenvalue weighted by molar-refractivity contribution is 7.09. The predicted molar refractivity (Wildman–Crippen MR) is 63.6 cm³/mol. The van der Waals surface area contributed by atoms with Crippen molar-refractivity contribution in [3.8, 4) is 5.88 Å². The number of aliphatic hydroxyl groups excluding tert-OH is 1. The van der Waals surface area contributed by atoms with E-state index in [4.69, 9.17) is 9.84 Å². The maximum absolute atomic E-state index is 12.9. The minimum absolute atomic E-state index is 0.279. The van der Waals surface area contributed by atoms with E-state index in [0.717, 1.165) is 12.6 Å². The van der Waals surface area contributed by atoms with Crippen molar-refractivity contribution in [2.45, 2.75) is 13.0 Å². The zero-order valence-electron chi connectivity index (χ0n) is 9.10. The van der Waals surface area contributed by atoms with Gasteiger partial charge in [-0.25, -0.2) is 9.37 Å². The lowest BCUT2D eigenvalue weighted by Gasteiger charge is -2.08. The van der Waals surface area contributed by atoms with Gasteiger partial charge in [-0.2, -0.15) is 0 Å². The molecule has 2 aromatic rings. The SMILES string of the molecule is OCc1cc(F)cnc1OCCc1cccs1. The van der Waals surface area contributed by atoms with Gasteiger partial charge >= 0.3 is 0 Å². The molecule has 2 aromatic heterocycles. The summed E-state index contributed by atoms with van der Waals surface area (Å²) in [6.07, 6.45) is 1.86. The topological polar surface area (TPSA) is 42.4 Å². The molecule has 0 bridgehead atoms. The van der Waals surface area contributed by atoms with E-state index in [9.17, 15) is 4.39 Å². The van der Waals surface area contributed by atoms with Crippen LogP contribution in [0.25, 0.3) is 0 Å². The second-order valence-electron chi connectivity index (χ2n) is 3.45. The fraction of sp³-hybridized carbons (Fsp3) is 0.250. The minimum Gasteiger partial charge on any atom is -0.477 e. The van der Waals surface area contributed by atoms with Crippen LogP contribution in [-0.4, -0.2) is 16.7 Å². The average Bonchev–Trinajstić information content (AvgIpc) is 2.84. The smallest absolute Gasteiger partial charge is 0.219 e. The number of aromatic nitrogens is 1. The van der Waals surface area contributed by atoms with Crippen LogP contribution < -0.4 is 4.74 Å². The average molecular weight is 253 g/mol. The van der Waals surface area contributed by atoms with Gasteiger partial charge < -0.3 is 9.84 Å². The number of thiophene rings is 1. The first kappa shape index (κ1) is 12.0. The highest BCUT2D eigenvalue weighted by Gasteiger charge is 2.06. The quantitative estimate of drug-likeness (QED) is 0.889. The molecule has 90 valence electrons. The highest BCUT2D eigenvalue weighted by Crippen LogP contribution is 2.17. The molecule has 17 heavy (non-hydrogen) atoms. The molecule has 2 heterocycles. The van der Waals surface area contributed by atoms with Crippen LogP contribution in [0.3, 0.4) is 0 Å². The Morgan fingerprint density at radius 1 is 1.47 bits per heavy atom. The monoisotopic (exact) mass is 253 g/mol. The molecular formula is C12H12FNO2S. The largest absolute Gasteiger partial charge is 0.477 e. The van der Waals surface area contributed by atoms with Gasteiger partial charge in [-0.3, -0.25) is 0 Å². The van der Waals surface area contributed by atoms with Gasteiger partial charge in [0.25, 0.3) is 0 Å². The Balaban J connectivity index is 1.94. The Bertz CT molecular complexity index is 473. The lowest BCUT2D eigenvalue weighted by molar-refractivity contribution is 0.257. The van der Waals surface area contributed by atoms with Gasteiger partial charge in [0, 0.05) is 16.9 Å². The third-order valence-electron chi connectivity index (χ3n) is 2.23. The molecule has 3 nitrogen and oxygen atoms in total. The summed E-state index contributed by atoms with van der Waals surface area (Å²) in [7, 11) is 0. The molecule has 0 saturated carbocycles. The molecule has 0 unspecified atom stereocenters. The van der Waals surface area contributed by atoms with Crippen LogP contribution >= 0.6 is 11.3 Å². The number of ether oxygens (including phenoxy) is 1. The van der Waals surface area contributed by atoms with Gasteiger partial charge in [0.05, 0.1) is 19.4 Å². The number of hydrogen-bond donors (Lipinski definition) is 1. The third-order valence-corrected chi connectivity index (χ3v) is 3.17. The van der Waals surface area contributed by atoms with Crippen LogP contribution in [0.15, 0.2) is 29.8 Å². The minimum atomic E-state index is -0.473. The summed E-state index contributed by atoms with van der Waals surface area (Å²) in [5.74, 6) is -0.176. The van der Waals surface area contributed by atoms with E-state index in [0.29, 0.717) is 18.1 Å². The molecule has 0 spiro atoms. The van der Waals surface area contributed by atoms with E-state index in [1.807, 2.05) is 17.5 Å². The number of pyridine rings is 1. The van der Waals surface area contributed by atoms with Gasteiger partial charge in [0.1, 0.15) is 5.82 Å². The Hall–Kier alpha value is -1.46. The summed E-state index contributed by atoms with van der Waals surface area (Å²) in [5, 5.41) is 11.0. The summed E-state index contributed by atoms with van der Waals surface area (Å²) in [6.45, 7) is 0.186. The molecule has 0 radical (unpaired) electrons. The molecule has 0 amide bonds. The van der Waals surface area contributed by atoms with Crippen LogP contribution in [-0.2, 0) is 13.0 Å². The van der Waals surface area contributed by atoms with Crippen molar-refractivity contribution in [3.05, 3.63) is 46.0 Å². The number of aliphatic hydroxyl groups is 1. The van der Waals surface area contributed by atoms with E-state index in [-0.39, 0.29) is 6.61 Å². The number of halogens is 1. The first-order valence-electron chi connectivity index (χ1n) is 5.20. The van der Waals surface area contributed by atoms with Crippen molar-refractivity contribution in [1.82, 2.24) is 4.98 Å². The summed E-state index contributed by atoms with van der Waals surface area (Å²) < 4.78 is 18.3. The maximum atomic E-state index is 12.9. The summed E-state index contributed by atoms with van der Waals surface area (Å²) in [4.78, 5) is 5.03.